The Morgan fingerprint density at radius 3 is 2.82 bits per heavy atom. The van der Waals surface area contributed by atoms with Crippen molar-refractivity contribution in [2.24, 2.45) is 5.92 Å². The van der Waals surface area contributed by atoms with Gasteiger partial charge < -0.3 is 4.90 Å². The van der Waals surface area contributed by atoms with Crippen LogP contribution in [0.4, 0.5) is 0 Å². The Bertz CT molecular complexity index is 600. The molecule has 2 fully saturated rings. The highest BCUT2D eigenvalue weighted by molar-refractivity contribution is 7.91. The van der Waals surface area contributed by atoms with E-state index in [2.05, 4.69) is 30.9 Å². The Balaban J connectivity index is 1.72. The standard InChI is InChI=1S/C15H25N3O2S2/c1-16(2)11-13-9-12-10-18(7-6-14(12)17(13)3)22(19,20)15-5-4-8-21-15/h4-5,8,12-14H,6-7,9-11H2,1-3H3/t12-,13+,14+/m1/s1. The molecule has 0 bridgehead atoms. The van der Waals surface area contributed by atoms with E-state index >= 15 is 0 Å². The summed E-state index contributed by atoms with van der Waals surface area (Å²) < 4.78 is 27.6. The first kappa shape index (κ1) is 16.4. The highest BCUT2D eigenvalue weighted by Crippen LogP contribution is 2.36. The van der Waals surface area contributed by atoms with Crippen LogP contribution in [0.25, 0.3) is 0 Å². The normalized spacial score (nSPS) is 30.8. The number of piperidine rings is 1. The molecule has 0 spiro atoms. The molecule has 0 radical (unpaired) electrons. The molecule has 7 heteroatoms. The van der Waals surface area contributed by atoms with Gasteiger partial charge in [-0.15, -0.1) is 11.3 Å². The second-order valence-electron chi connectivity index (χ2n) is 6.73. The first-order chi connectivity index (χ1) is 10.4. The molecule has 2 saturated heterocycles. The third-order valence-electron chi connectivity index (χ3n) is 5.00. The molecule has 0 unspecified atom stereocenters. The third-order valence-corrected chi connectivity index (χ3v) is 8.23. The molecule has 0 aliphatic carbocycles. The molecule has 1 aromatic rings. The van der Waals surface area contributed by atoms with Crippen LogP contribution in [0, 0.1) is 5.92 Å². The van der Waals surface area contributed by atoms with Gasteiger partial charge in [0, 0.05) is 31.7 Å². The molecule has 0 N–H and O–H groups in total. The van der Waals surface area contributed by atoms with Crippen LogP contribution in [-0.2, 0) is 10.0 Å². The van der Waals surface area contributed by atoms with Crippen molar-refractivity contribution in [1.29, 1.82) is 0 Å². The summed E-state index contributed by atoms with van der Waals surface area (Å²) in [6.45, 7) is 2.35. The van der Waals surface area contributed by atoms with E-state index in [9.17, 15) is 8.42 Å². The smallest absolute Gasteiger partial charge is 0.252 e. The zero-order valence-corrected chi connectivity index (χ0v) is 15.1. The van der Waals surface area contributed by atoms with Gasteiger partial charge in [-0.25, -0.2) is 8.42 Å². The lowest BCUT2D eigenvalue weighted by Crippen LogP contribution is -2.47. The van der Waals surface area contributed by atoms with E-state index in [1.54, 1.807) is 16.4 Å². The van der Waals surface area contributed by atoms with Crippen LogP contribution in [0.15, 0.2) is 21.7 Å². The van der Waals surface area contributed by atoms with E-state index in [0.717, 1.165) is 19.4 Å². The Morgan fingerprint density at radius 1 is 1.41 bits per heavy atom. The van der Waals surface area contributed by atoms with Gasteiger partial charge in [-0.05, 0) is 51.3 Å². The molecule has 2 aliphatic heterocycles. The van der Waals surface area contributed by atoms with Gasteiger partial charge in [0.25, 0.3) is 10.0 Å². The van der Waals surface area contributed by atoms with Crippen LogP contribution in [0.5, 0.6) is 0 Å². The summed E-state index contributed by atoms with van der Waals surface area (Å²) in [5.41, 5.74) is 0. The average molecular weight is 344 g/mol. The number of fused-ring (bicyclic) bond motifs is 1. The molecule has 3 heterocycles. The van der Waals surface area contributed by atoms with Crippen molar-refractivity contribution in [2.75, 3.05) is 40.8 Å². The molecule has 0 amide bonds. The van der Waals surface area contributed by atoms with Gasteiger partial charge in [-0.2, -0.15) is 4.31 Å². The fraction of sp³-hybridized carbons (Fsp3) is 0.733. The van der Waals surface area contributed by atoms with Crippen molar-refractivity contribution in [1.82, 2.24) is 14.1 Å². The summed E-state index contributed by atoms with van der Waals surface area (Å²) in [6, 6.07) is 4.58. The predicted octanol–water partition coefficient (Wildman–Crippen LogP) is 1.39. The molecule has 0 aromatic carbocycles. The second kappa shape index (κ2) is 6.20. The van der Waals surface area contributed by atoms with Crippen LogP contribution >= 0.6 is 11.3 Å². The summed E-state index contributed by atoms with van der Waals surface area (Å²) in [5, 5.41) is 1.83. The largest absolute Gasteiger partial charge is 0.308 e. The number of nitrogens with zero attached hydrogens (tertiary/aromatic N) is 3. The maximum Gasteiger partial charge on any atom is 0.252 e. The van der Waals surface area contributed by atoms with E-state index in [1.807, 2.05) is 5.38 Å². The van der Waals surface area contributed by atoms with Crippen molar-refractivity contribution in [3.05, 3.63) is 17.5 Å². The van der Waals surface area contributed by atoms with Crippen molar-refractivity contribution >= 4 is 21.4 Å². The molecule has 1 aromatic heterocycles. The minimum atomic E-state index is -3.29. The molecule has 2 aliphatic rings. The van der Waals surface area contributed by atoms with Crippen LogP contribution in [0.3, 0.4) is 0 Å². The van der Waals surface area contributed by atoms with Gasteiger partial charge >= 0.3 is 0 Å². The maximum absolute atomic E-state index is 12.7. The number of sulfonamides is 1. The Morgan fingerprint density at radius 2 is 2.18 bits per heavy atom. The molecular formula is C15H25N3O2S2. The topological polar surface area (TPSA) is 43.9 Å². The molecule has 0 saturated carbocycles. The summed E-state index contributed by atoms with van der Waals surface area (Å²) in [4.78, 5) is 4.69. The molecule has 5 nitrogen and oxygen atoms in total. The number of hydrogen-bond acceptors (Lipinski definition) is 5. The van der Waals surface area contributed by atoms with Gasteiger partial charge in [0.2, 0.25) is 0 Å². The fourth-order valence-corrected chi connectivity index (χ4v) is 6.58. The van der Waals surface area contributed by atoms with Crippen LogP contribution in [0.2, 0.25) is 0 Å². The zero-order valence-electron chi connectivity index (χ0n) is 13.5. The van der Waals surface area contributed by atoms with E-state index in [0.29, 0.717) is 35.3 Å². The summed E-state index contributed by atoms with van der Waals surface area (Å²) >= 11 is 1.31. The highest BCUT2D eigenvalue weighted by Gasteiger charge is 2.44. The molecule has 124 valence electrons. The van der Waals surface area contributed by atoms with Crippen molar-refractivity contribution in [3.63, 3.8) is 0 Å². The Kier molecular flexibility index (Phi) is 4.62. The first-order valence-corrected chi connectivity index (χ1v) is 10.1. The van der Waals surface area contributed by atoms with Gasteiger partial charge in [-0.3, -0.25) is 4.90 Å². The molecule has 3 rings (SSSR count). The number of likely N-dealkylation sites (N-methyl/N-ethyl adjacent to an activating group) is 2. The van der Waals surface area contributed by atoms with Crippen molar-refractivity contribution in [2.45, 2.75) is 29.1 Å². The minimum Gasteiger partial charge on any atom is -0.308 e. The van der Waals surface area contributed by atoms with E-state index in [-0.39, 0.29) is 0 Å². The van der Waals surface area contributed by atoms with Crippen molar-refractivity contribution in [3.8, 4) is 0 Å². The summed E-state index contributed by atoms with van der Waals surface area (Å²) in [7, 11) is 3.11. The lowest BCUT2D eigenvalue weighted by molar-refractivity contribution is 0.151. The van der Waals surface area contributed by atoms with E-state index in [4.69, 9.17) is 0 Å². The fourth-order valence-electron chi connectivity index (χ4n) is 3.92. The van der Waals surface area contributed by atoms with E-state index < -0.39 is 10.0 Å². The Labute approximate surface area is 137 Å². The second-order valence-corrected chi connectivity index (χ2v) is 9.84. The van der Waals surface area contributed by atoms with Gasteiger partial charge in [0.15, 0.2) is 0 Å². The molecule has 22 heavy (non-hydrogen) atoms. The Hall–Kier alpha value is -0.470. The minimum absolute atomic E-state index is 0.457. The predicted molar refractivity (Wildman–Crippen MR) is 89.7 cm³/mol. The van der Waals surface area contributed by atoms with Gasteiger partial charge in [0.05, 0.1) is 0 Å². The lowest BCUT2D eigenvalue weighted by Gasteiger charge is -2.36. The number of hydrogen-bond donors (Lipinski definition) is 0. The third kappa shape index (κ3) is 2.97. The monoisotopic (exact) mass is 343 g/mol. The number of likely N-dealkylation sites (tertiary alicyclic amines) is 1. The summed E-state index contributed by atoms with van der Waals surface area (Å²) in [5.74, 6) is 0.457. The van der Waals surface area contributed by atoms with E-state index in [1.165, 1.54) is 11.3 Å². The van der Waals surface area contributed by atoms with Crippen LogP contribution in [-0.4, -0.2) is 75.4 Å². The first-order valence-electron chi connectivity index (χ1n) is 7.80. The SMILES string of the molecule is CN(C)C[C@@H]1C[C@@H]2CN(S(=O)(=O)c3cccs3)CC[C@@H]2N1C. The highest BCUT2D eigenvalue weighted by atomic mass is 32.2. The van der Waals surface area contributed by atoms with Crippen LogP contribution in [0.1, 0.15) is 12.8 Å². The van der Waals surface area contributed by atoms with Crippen LogP contribution < -0.4 is 0 Å². The lowest BCUT2D eigenvalue weighted by atomic mass is 9.93. The zero-order chi connectivity index (χ0) is 15.9. The average Bonchev–Trinajstić information content (AvgIpc) is 3.08. The van der Waals surface area contributed by atoms with Gasteiger partial charge in [0.1, 0.15) is 4.21 Å². The van der Waals surface area contributed by atoms with Crippen molar-refractivity contribution < 1.29 is 8.42 Å². The number of thiophene rings is 1. The quantitative estimate of drug-likeness (QED) is 0.829. The van der Waals surface area contributed by atoms with Gasteiger partial charge in [-0.1, -0.05) is 6.07 Å². The molecule has 3 atom stereocenters. The molecular weight excluding hydrogens is 318 g/mol. The number of rotatable bonds is 4. The maximum atomic E-state index is 12.7. The summed E-state index contributed by atoms with van der Waals surface area (Å²) in [6.07, 6.45) is 2.03.